The number of carbonyl (C=O) groups excluding carboxylic acids is 1. The number of allylic oxidation sites excluding steroid dienone is 4. The molecule has 0 aliphatic rings. The molecule has 0 bridgehead atoms. The normalized spacial score (nSPS) is 13.3. The van der Waals surface area contributed by atoms with Crippen LogP contribution >= 0.6 is 11.6 Å². The Hall–Kier alpha value is -2.26. The van der Waals surface area contributed by atoms with Crippen molar-refractivity contribution in [2.45, 2.75) is 65.3 Å². The van der Waals surface area contributed by atoms with E-state index in [2.05, 4.69) is 49.2 Å². The standard InChI is InChI=1S/C27H38ClNO4/c1-6-9-12-22(7-2)13-10-11-14-23-15-16-24(25(28)19-23)17-18-27(4,20-32-21-31-5)29-26(30)33-8-3/h7,9,12,15-16,19H,6,8,10,13,17-18,20-21H2,1-5H3,(H,29,30)/b12-9-,22-7+. The summed E-state index contributed by atoms with van der Waals surface area (Å²) in [5, 5.41) is 3.56. The summed E-state index contributed by atoms with van der Waals surface area (Å²) in [7, 11) is 1.56. The Labute approximate surface area is 204 Å². The number of amides is 1. The van der Waals surface area contributed by atoms with Gasteiger partial charge in [-0.3, -0.25) is 0 Å². The average Bonchev–Trinajstić information content (AvgIpc) is 2.78. The molecule has 0 saturated heterocycles. The number of halogens is 1. The number of benzene rings is 1. The number of hydrogen-bond donors (Lipinski definition) is 1. The molecule has 6 heteroatoms. The van der Waals surface area contributed by atoms with Gasteiger partial charge in [-0.1, -0.05) is 60.2 Å². The number of hydrogen-bond acceptors (Lipinski definition) is 4. The molecule has 0 aromatic heterocycles. The number of aryl methyl sites for hydroxylation is 1. The van der Waals surface area contributed by atoms with E-state index in [-0.39, 0.29) is 6.79 Å². The van der Waals surface area contributed by atoms with Crippen LogP contribution in [0.15, 0.2) is 42.0 Å². The number of rotatable bonds is 13. The number of nitrogens with one attached hydrogen (secondary N) is 1. The Bertz CT molecular complexity index is 853. The molecule has 0 aliphatic heterocycles. The topological polar surface area (TPSA) is 56.8 Å². The van der Waals surface area contributed by atoms with Crippen molar-refractivity contribution in [3.8, 4) is 11.8 Å². The van der Waals surface area contributed by atoms with E-state index in [0.29, 0.717) is 31.1 Å². The van der Waals surface area contributed by atoms with E-state index in [1.54, 1.807) is 14.0 Å². The largest absolute Gasteiger partial charge is 0.450 e. The molecule has 1 unspecified atom stereocenters. The summed E-state index contributed by atoms with van der Waals surface area (Å²) in [6.45, 7) is 8.62. The number of ether oxygens (including phenoxy) is 3. The highest BCUT2D eigenvalue weighted by Crippen LogP contribution is 2.23. The summed E-state index contributed by atoms with van der Waals surface area (Å²) in [5.41, 5.74) is 2.56. The van der Waals surface area contributed by atoms with Crippen molar-refractivity contribution in [2.75, 3.05) is 27.1 Å². The van der Waals surface area contributed by atoms with E-state index in [9.17, 15) is 4.79 Å². The highest BCUT2D eigenvalue weighted by atomic mass is 35.5. The van der Waals surface area contributed by atoms with Gasteiger partial charge in [-0.05, 0) is 64.2 Å². The van der Waals surface area contributed by atoms with Crippen LogP contribution in [0.25, 0.3) is 0 Å². The van der Waals surface area contributed by atoms with Crippen LogP contribution < -0.4 is 5.32 Å². The molecule has 1 aromatic rings. The number of carbonyl (C=O) groups is 1. The lowest BCUT2D eigenvalue weighted by molar-refractivity contribution is -0.0517. The first kappa shape index (κ1) is 28.8. The molecule has 0 spiro atoms. The quantitative estimate of drug-likeness (QED) is 0.154. The van der Waals surface area contributed by atoms with Crippen LogP contribution in [0.1, 0.15) is 64.5 Å². The van der Waals surface area contributed by atoms with Gasteiger partial charge in [-0.15, -0.1) is 0 Å². The minimum Gasteiger partial charge on any atom is -0.450 e. The maximum Gasteiger partial charge on any atom is 0.407 e. The van der Waals surface area contributed by atoms with Gasteiger partial charge >= 0.3 is 6.09 Å². The van der Waals surface area contributed by atoms with Crippen LogP contribution in [0, 0.1) is 11.8 Å². The van der Waals surface area contributed by atoms with Crippen molar-refractivity contribution in [1.29, 1.82) is 0 Å². The van der Waals surface area contributed by atoms with Crippen LogP contribution in [-0.2, 0) is 20.6 Å². The summed E-state index contributed by atoms with van der Waals surface area (Å²) in [6, 6.07) is 5.88. The molecule has 1 rings (SSSR count). The summed E-state index contributed by atoms with van der Waals surface area (Å²) in [5.74, 6) is 6.44. The van der Waals surface area contributed by atoms with E-state index >= 15 is 0 Å². The lowest BCUT2D eigenvalue weighted by Crippen LogP contribution is -2.50. The van der Waals surface area contributed by atoms with Gasteiger partial charge in [0.15, 0.2) is 0 Å². The fraction of sp³-hybridized carbons (Fsp3) is 0.519. The molecule has 182 valence electrons. The molecule has 0 aliphatic carbocycles. The van der Waals surface area contributed by atoms with E-state index in [0.717, 1.165) is 30.4 Å². The first-order valence-electron chi connectivity index (χ1n) is 11.5. The molecule has 33 heavy (non-hydrogen) atoms. The maximum atomic E-state index is 12.0. The van der Waals surface area contributed by atoms with Gasteiger partial charge in [0.05, 0.1) is 18.8 Å². The second-order valence-electron chi connectivity index (χ2n) is 7.94. The van der Waals surface area contributed by atoms with Crippen LogP contribution in [0.2, 0.25) is 5.02 Å². The van der Waals surface area contributed by atoms with Crippen LogP contribution in [0.5, 0.6) is 0 Å². The summed E-state index contributed by atoms with van der Waals surface area (Å²) >= 11 is 6.53. The Balaban J connectivity index is 2.75. The molecule has 1 amide bonds. The monoisotopic (exact) mass is 475 g/mol. The zero-order valence-electron chi connectivity index (χ0n) is 20.6. The molecule has 5 nitrogen and oxygen atoms in total. The van der Waals surface area contributed by atoms with Crippen LogP contribution in [-0.4, -0.2) is 38.7 Å². The Morgan fingerprint density at radius 3 is 2.73 bits per heavy atom. The Kier molecular flexibility index (Phi) is 14.3. The van der Waals surface area contributed by atoms with E-state index < -0.39 is 11.6 Å². The third-order valence-electron chi connectivity index (χ3n) is 5.01. The number of alkyl carbamates (subject to hydrolysis) is 1. The molecule has 0 heterocycles. The fourth-order valence-corrected chi connectivity index (χ4v) is 3.41. The van der Waals surface area contributed by atoms with Crippen LogP contribution in [0.3, 0.4) is 0 Å². The third-order valence-corrected chi connectivity index (χ3v) is 5.36. The molecule has 0 saturated carbocycles. The van der Waals surface area contributed by atoms with E-state index in [4.69, 9.17) is 25.8 Å². The molecule has 0 radical (unpaired) electrons. The van der Waals surface area contributed by atoms with Crippen molar-refractivity contribution in [2.24, 2.45) is 0 Å². The first-order valence-corrected chi connectivity index (χ1v) is 11.9. The van der Waals surface area contributed by atoms with Crippen molar-refractivity contribution in [3.05, 3.63) is 58.1 Å². The van der Waals surface area contributed by atoms with Gasteiger partial charge in [0, 0.05) is 24.1 Å². The van der Waals surface area contributed by atoms with E-state index in [1.807, 2.05) is 25.1 Å². The van der Waals surface area contributed by atoms with Gasteiger partial charge < -0.3 is 19.5 Å². The summed E-state index contributed by atoms with van der Waals surface area (Å²) in [4.78, 5) is 12.0. The van der Waals surface area contributed by atoms with Crippen molar-refractivity contribution in [3.63, 3.8) is 0 Å². The van der Waals surface area contributed by atoms with Crippen LogP contribution in [0.4, 0.5) is 4.79 Å². The van der Waals surface area contributed by atoms with Gasteiger partial charge in [0.25, 0.3) is 0 Å². The first-order chi connectivity index (χ1) is 15.9. The predicted molar refractivity (Wildman–Crippen MR) is 135 cm³/mol. The second-order valence-corrected chi connectivity index (χ2v) is 8.35. The Morgan fingerprint density at radius 1 is 1.30 bits per heavy atom. The minimum atomic E-state index is -0.622. The predicted octanol–water partition coefficient (Wildman–Crippen LogP) is 6.44. The van der Waals surface area contributed by atoms with Gasteiger partial charge in [0.1, 0.15) is 6.79 Å². The highest BCUT2D eigenvalue weighted by molar-refractivity contribution is 6.31. The summed E-state index contributed by atoms with van der Waals surface area (Å²) in [6.07, 6.45) is 10.0. The Morgan fingerprint density at radius 2 is 2.09 bits per heavy atom. The van der Waals surface area contributed by atoms with E-state index in [1.165, 1.54) is 5.57 Å². The van der Waals surface area contributed by atoms with Gasteiger partial charge in [-0.2, -0.15) is 0 Å². The molecule has 1 N–H and O–H groups in total. The lowest BCUT2D eigenvalue weighted by Gasteiger charge is -2.30. The molecular formula is C27H38ClNO4. The van der Waals surface area contributed by atoms with Crippen molar-refractivity contribution in [1.82, 2.24) is 5.32 Å². The van der Waals surface area contributed by atoms with Gasteiger partial charge in [0.2, 0.25) is 0 Å². The second kappa shape index (κ2) is 16.4. The summed E-state index contributed by atoms with van der Waals surface area (Å²) < 4.78 is 15.5. The SMILES string of the molecule is C/C=C(\C=C/CC)CCC#Cc1ccc(CCC(C)(COCOC)NC(=O)OCC)c(Cl)c1. The zero-order chi connectivity index (χ0) is 24.5. The minimum absolute atomic E-state index is 0.151. The van der Waals surface area contributed by atoms with Crippen molar-refractivity contribution >= 4 is 17.7 Å². The fourth-order valence-electron chi connectivity index (χ4n) is 3.14. The highest BCUT2D eigenvalue weighted by Gasteiger charge is 2.27. The maximum absolute atomic E-state index is 12.0. The molecular weight excluding hydrogens is 438 g/mol. The molecule has 0 fully saturated rings. The molecule has 1 aromatic carbocycles. The number of methoxy groups -OCH3 is 1. The third kappa shape index (κ3) is 12.0. The zero-order valence-corrected chi connectivity index (χ0v) is 21.4. The lowest BCUT2D eigenvalue weighted by atomic mass is 9.93. The average molecular weight is 476 g/mol. The van der Waals surface area contributed by atoms with Crippen molar-refractivity contribution < 1.29 is 19.0 Å². The van der Waals surface area contributed by atoms with Gasteiger partial charge in [-0.25, -0.2) is 4.79 Å². The molecule has 1 atom stereocenters. The smallest absolute Gasteiger partial charge is 0.407 e.